The lowest BCUT2D eigenvalue weighted by molar-refractivity contribution is 0.272. The lowest BCUT2D eigenvalue weighted by atomic mass is 10.0. The molecule has 0 aromatic heterocycles. The van der Waals surface area contributed by atoms with Crippen LogP contribution in [0.2, 0.25) is 0 Å². The van der Waals surface area contributed by atoms with E-state index < -0.39 is 0 Å². The molecular weight excluding hydrogens is 302 g/mol. The third-order valence-electron chi connectivity index (χ3n) is 5.27. The molecule has 0 unspecified atom stereocenters. The van der Waals surface area contributed by atoms with Crippen LogP contribution in [0.25, 0.3) is 0 Å². The normalized spacial score (nSPS) is 11.3. The summed E-state index contributed by atoms with van der Waals surface area (Å²) in [5, 5.41) is 0. The van der Waals surface area contributed by atoms with Gasteiger partial charge in [0.1, 0.15) is 0 Å². The van der Waals surface area contributed by atoms with Crippen molar-refractivity contribution in [1.29, 1.82) is 0 Å². The first-order chi connectivity index (χ1) is 12.4. The van der Waals surface area contributed by atoms with Crippen LogP contribution < -0.4 is 0 Å². The van der Waals surface area contributed by atoms with E-state index in [1.54, 1.807) is 0 Å². The van der Waals surface area contributed by atoms with Gasteiger partial charge >= 0.3 is 0 Å². The molecule has 0 amide bonds. The Labute approximate surface area is 158 Å². The number of unbranched alkanes of at least 4 members (excludes halogenated alkanes) is 12. The molecule has 0 fully saturated rings. The van der Waals surface area contributed by atoms with Gasteiger partial charge in [0.25, 0.3) is 0 Å². The van der Waals surface area contributed by atoms with Gasteiger partial charge in [0, 0.05) is 6.54 Å². The Hall–Kier alpha value is -0.820. The van der Waals surface area contributed by atoms with Gasteiger partial charge in [0.15, 0.2) is 0 Å². The molecule has 0 aliphatic rings. The summed E-state index contributed by atoms with van der Waals surface area (Å²) in [5.74, 6) is 0. The van der Waals surface area contributed by atoms with Crippen molar-refractivity contribution in [3.05, 3.63) is 35.9 Å². The van der Waals surface area contributed by atoms with Crippen LogP contribution >= 0.6 is 0 Å². The van der Waals surface area contributed by atoms with E-state index in [2.05, 4.69) is 49.1 Å². The molecule has 1 nitrogen and oxygen atoms in total. The molecule has 1 heteroatoms. The summed E-state index contributed by atoms with van der Waals surface area (Å²) in [6, 6.07) is 10.9. The molecule has 1 aromatic rings. The van der Waals surface area contributed by atoms with E-state index in [0.29, 0.717) is 0 Å². The summed E-state index contributed by atoms with van der Waals surface area (Å²) in [6.45, 7) is 8.10. The van der Waals surface area contributed by atoms with Gasteiger partial charge in [-0.25, -0.2) is 0 Å². The Balaban J connectivity index is 1.87. The van der Waals surface area contributed by atoms with E-state index >= 15 is 0 Å². The predicted molar refractivity (Wildman–Crippen MR) is 113 cm³/mol. The van der Waals surface area contributed by atoms with Gasteiger partial charge in [-0.05, 0) is 25.1 Å². The van der Waals surface area contributed by atoms with Crippen LogP contribution in [0.4, 0.5) is 0 Å². The zero-order valence-corrected chi connectivity index (χ0v) is 17.1. The first-order valence-corrected chi connectivity index (χ1v) is 11.1. The largest absolute Gasteiger partial charge is 0.299 e. The minimum Gasteiger partial charge on any atom is -0.299 e. The number of rotatable bonds is 17. The summed E-state index contributed by atoms with van der Waals surface area (Å²) >= 11 is 0. The highest BCUT2D eigenvalue weighted by atomic mass is 15.1. The van der Waals surface area contributed by atoms with Crippen molar-refractivity contribution in [3.8, 4) is 0 Å². The molecule has 0 saturated heterocycles. The Bertz CT molecular complexity index is 373. The second-order valence-corrected chi connectivity index (χ2v) is 7.60. The molecule has 0 aliphatic heterocycles. The zero-order valence-electron chi connectivity index (χ0n) is 17.1. The van der Waals surface area contributed by atoms with E-state index in [0.717, 1.165) is 13.1 Å². The van der Waals surface area contributed by atoms with Crippen LogP contribution in [-0.2, 0) is 6.54 Å². The second kappa shape index (κ2) is 16.6. The molecule has 1 aromatic carbocycles. The lowest BCUT2D eigenvalue weighted by Crippen LogP contribution is -2.23. The van der Waals surface area contributed by atoms with E-state index in [4.69, 9.17) is 0 Å². The van der Waals surface area contributed by atoms with Crippen molar-refractivity contribution in [1.82, 2.24) is 4.90 Å². The van der Waals surface area contributed by atoms with Gasteiger partial charge in [-0.3, -0.25) is 4.90 Å². The maximum absolute atomic E-state index is 2.58. The zero-order chi connectivity index (χ0) is 18.0. The van der Waals surface area contributed by atoms with Crippen molar-refractivity contribution < 1.29 is 0 Å². The summed E-state index contributed by atoms with van der Waals surface area (Å²) in [5.41, 5.74) is 1.44. The van der Waals surface area contributed by atoms with Crippen molar-refractivity contribution in [2.45, 2.75) is 104 Å². The molecule has 1 rings (SSSR count). The fourth-order valence-corrected chi connectivity index (χ4v) is 3.54. The molecule has 0 bridgehead atoms. The van der Waals surface area contributed by atoms with Crippen LogP contribution in [0.5, 0.6) is 0 Å². The van der Waals surface area contributed by atoms with E-state index in [1.807, 2.05) is 0 Å². The van der Waals surface area contributed by atoms with Gasteiger partial charge in [-0.2, -0.15) is 0 Å². The summed E-state index contributed by atoms with van der Waals surface area (Å²) in [4.78, 5) is 2.58. The Morgan fingerprint density at radius 2 is 1.08 bits per heavy atom. The average molecular weight is 346 g/mol. The third-order valence-corrected chi connectivity index (χ3v) is 5.27. The Morgan fingerprint density at radius 1 is 0.600 bits per heavy atom. The molecule has 0 saturated carbocycles. The summed E-state index contributed by atoms with van der Waals surface area (Å²) < 4.78 is 0. The first kappa shape index (κ1) is 22.2. The van der Waals surface area contributed by atoms with Crippen LogP contribution in [0.3, 0.4) is 0 Å². The fourth-order valence-electron chi connectivity index (χ4n) is 3.54. The highest BCUT2D eigenvalue weighted by Gasteiger charge is 2.03. The molecule has 0 N–H and O–H groups in total. The minimum absolute atomic E-state index is 1.11. The van der Waals surface area contributed by atoms with Crippen LogP contribution in [0.1, 0.15) is 103 Å². The first-order valence-electron chi connectivity index (χ1n) is 11.1. The molecule has 0 aliphatic carbocycles. The monoisotopic (exact) mass is 345 g/mol. The van der Waals surface area contributed by atoms with Gasteiger partial charge in [-0.1, -0.05) is 121 Å². The Kier molecular flexibility index (Phi) is 14.8. The molecule has 0 spiro atoms. The molecule has 0 heterocycles. The van der Waals surface area contributed by atoms with E-state index in [1.165, 1.54) is 95.6 Å². The van der Waals surface area contributed by atoms with Gasteiger partial charge in [0.2, 0.25) is 0 Å². The smallest absolute Gasteiger partial charge is 0.0233 e. The highest BCUT2D eigenvalue weighted by Crippen LogP contribution is 2.13. The number of nitrogens with zero attached hydrogens (tertiary/aromatic N) is 1. The SMILES string of the molecule is CCCCCCCCCCCCCCCN(CC)Cc1ccccc1. The van der Waals surface area contributed by atoms with E-state index in [-0.39, 0.29) is 0 Å². The van der Waals surface area contributed by atoms with Crippen molar-refractivity contribution in [3.63, 3.8) is 0 Å². The molecule has 144 valence electrons. The maximum atomic E-state index is 2.58. The molecule has 0 radical (unpaired) electrons. The summed E-state index contributed by atoms with van der Waals surface area (Å²) in [7, 11) is 0. The highest BCUT2D eigenvalue weighted by molar-refractivity contribution is 5.14. The number of hydrogen-bond donors (Lipinski definition) is 0. The van der Waals surface area contributed by atoms with Gasteiger partial charge in [0.05, 0.1) is 0 Å². The third kappa shape index (κ3) is 13.1. The van der Waals surface area contributed by atoms with Gasteiger partial charge in [-0.15, -0.1) is 0 Å². The van der Waals surface area contributed by atoms with Crippen molar-refractivity contribution in [2.75, 3.05) is 13.1 Å². The quantitative estimate of drug-likeness (QED) is 0.263. The van der Waals surface area contributed by atoms with Crippen molar-refractivity contribution in [2.24, 2.45) is 0 Å². The van der Waals surface area contributed by atoms with Gasteiger partial charge < -0.3 is 0 Å². The molecule has 0 atom stereocenters. The topological polar surface area (TPSA) is 3.24 Å². The standard InChI is InChI=1S/C24H43N/c1-3-5-6-7-8-9-10-11-12-13-14-15-19-22-25(4-2)23-24-20-17-16-18-21-24/h16-18,20-21H,3-15,19,22-23H2,1-2H3. The minimum atomic E-state index is 1.11. The average Bonchev–Trinajstić information content (AvgIpc) is 2.65. The van der Waals surface area contributed by atoms with Crippen LogP contribution in [0.15, 0.2) is 30.3 Å². The Morgan fingerprint density at radius 3 is 1.56 bits per heavy atom. The maximum Gasteiger partial charge on any atom is 0.0233 e. The van der Waals surface area contributed by atoms with Crippen molar-refractivity contribution >= 4 is 0 Å². The fraction of sp³-hybridized carbons (Fsp3) is 0.750. The lowest BCUT2D eigenvalue weighted by Gasteiger charge is -2.20. The summed E-state index contributed by atoms with van der Waals surface area (Å²) in [6.07, 6.45) is 18.7. The van der Waals surface area contributed by atoms with E-state index in [9.17, 15) is 0 Å². The van der Waals surface area contributed by atoms with Crippen LogP contribution in [-0.4, -0.2) is 18.0 Å². The second-order valence-electron chi connectivity index (χ2n) is 7.60. The number of hydrogen-bond acceptors (Lipinski definition) is 1. The molecule has 25 heavy (non-hydrogen) atoms. The predicted octanol–water partition coefficient (Wildman–Crippen LogP) is 7.60. The molecular formula is C24H43N. The van der Waals surface area contributed by atoms with Crippen LogP contribution in [0, 0.1) is 0 Å². The number of benzene rings is 1.